The Bertz CT molecular complexity index is 1280. The lowest BCUT2D eigenvalue weighted by Gasteiger charge is -2.18. The number of nitrogens with zero attached hydrogens (tertiary/aromatic N) is 1. The summed E-state index contributed by atoms with van der Waals surface area (Å²) in [5, 5.41) is 13.1. The number of carbonyl (C=O) groups excluding carboxylic acids is 1. The van der Waals surface area contributed by atoms with E-state index in [0.29, 0.717) is 24.2 Å². The summed E-state index contributed by atoms with van der Waals surface area (Å²) in [5.74, 6) is 0.0192. The van der Waals surface area contributed by atoms with Crippen molar-refractivity contribution in [2.75, 3.05) is 5.32 Å². The molecule has 2 aliphatic rings. The second kappa shape index (κ2) is 7.50. The first-order chi connectivity index (χ1) is 16.0. The van der Waals surface area contributed by atoms with Gasteiger partial charge in [0.1, 0.15) is 5.82 Å². The van der Waals surface area contributed by atoms with Crippen molar-refractivity contribution in [3.05, 3.63) is 71.3 Å². The highest BCUT2D eigenvalue weighted by Crippen LogP contribution is 2.52. The number of hydrogen-bond acceptors (Lipinski definition) is 5. The monoisotopic (exact) mass is 466 g/mol. The second-order valence-corrected chi connectivity index (χ2v) is 9.36. The normalized spacial score (nSPS) is 17.4. The van der Waals surface area contributed by atoms with Crippen molar-refractivity contribution in [1.82, 2.24) is 4.98 Å². The van der Waals surface area contributed by atoms with Gasteiger partial charge in [-0.3, -0.25) is 4.79 Å². The smallest absolute Gasteiger partial charge is 0.395 e. The van der Waals surface area contributed by atoms with E-state index in [1.54, 1.807) is 26.0 Å². The average molecular weight is 466 g/mol. The van der Waals surface area contributed by atoms with Crippen molar-refractivity contribution in [2.45, 2.75) is 50.9 Å². The first kappa shape index (κ1) is 22.3. The van der Waals surface area contributed by atoms with E-state index < -0.39 is 17.3 Å². The van der Waals surface area contributed by atoms with Gasteiger partial charge >= 0.3 is 6.29 Å². The van der Waals surface area contributed by atoms with Crippen LogP contribution >= 0.6 is 0 Å². The number of pyridine rings is 1. The van der Waals surface area contributed by atoms with Crippen LogP contribution in [0.15, 0.2) is 54.6 Å². The highest BCUT2D eigenvalue weighted by molar-refractivity contribution is 6.01. The molecule has 1 saturated carbocycles. The number of nitrogens with one attached hydrogen (secondary N) is 1. The largest absolute Gasteiger partial charge is 0.586 e. The van der Waals surface area contributed by atoms with Crippen LogP contribution in [0.5, 0.6) is 11.5 Å². The Labute approximate surface area is 195 Å². The van der Waals surface area contributed by atoms with Crippen LogP contribution in [0.2, 0.25) is 0 Å². The molecule has 176 valence electrons. The molecule has 3 aromatic rings. The highest BCUT2D eigenvalue weighted by Gasteiger charge is 2.53. The first-order valence-corrected chi connectivity index (χ1v) is 11.0. The molecule has 0 atom stereocenters. The highest BCUT2D eigenvalue weighted by atomic mass is 19.3. The molecule has 1 amide bonds. The van der Waals surface area contributed by atoms with Gasteiger partial charge in [0.15, 0.2) is 11.5 Å². The SMILES string of the molecule is Cc1ccc(NC(=O)C2(c3ccc4c(c3)OC(F)(F)O4)CC2)nc1-c1ccc(C(C)(C)O)cc1. The molecule has 5 rings (SSSR count). The Morgan fingerprint density at radius 3 is 2.35 bits per heavy atom. The minimum atomic E-state index is -3.70. The number of anilines is 1. The Morgan fingerprint density at radius 1 is 1.03 bits per heavy atom. The Hall–Kier alpha value is -3.52. The van der Waals surface area contributed by atoms with E-state index in [4.69, 9.17) is 0 Å². The fraction of sp³-hybridized carbons (Fsp3) is 0.308. The van der Waals surface area contributed by atoms with E-state index in [0.717, 1.165) is 22.4 Å². The number of aliphatic hydroxyl groups is 1. The molecule has 6 nitrogen and oxygen atoms in total. The maximum atomic E-state index is 13.4. The van der Waals surface area contributed by atoms with Gasteiger partial charge in [0, 0.05) is 5.56 Å². The van der Waals surface area contributed by atoms with Crippen molar-refractivity contribution in [3.8, 4) is 22.8 Å². The second-order valence-electron chi connectivity index (χ2n) is 9.36. The molecule has 0 unspecified atom stereocenters. The Morgan fingerprint density at radius 2 is 1.71 bits per heavy atom. The van der Waals surface area contributed by atoms with Crippen LogP contribution in [0.25, 0.3) is 11.3 Å². The van der Waals surface area contributed by atoms with Crippen LogP contribution in [-0.2, 0) is 15.8 Å². The van der Waals surface area contributed by atoms with E-state index >= 15 is 0 Å². The van der Waals surface area contributed by atoms with Crippen molar-refractivity contribution >= 4 is 11.7 Å². The van der Waals surface area contributed by atoms with Crippen molar-refractivity contribution in [3.63, 3.8) is 0 Å². The molecular weight excluding hydrogens is 442 g/mol. The fourth-order valence-electron chi connectivity index (χ4n) is 4.18. The van der Waals surface area contributed by atoms with E-state index in [1.165, 1.54) is 12.1 Å². The van der Waals surface area contributed by atoms with Crippen LogP contribution in [0.4, 0.5) is 14.6 Å². The summed E-state index contributed by atoms with van der Waals surface area (Å²) in [7, 11) is 0. The van der Waals surface area contributed by atoms with E-state index in [1.807, 2.05) is 37.3 Å². The Balaban J connectivity index is 1.38. The van der Waals surface area contributed by atoms with Gasteiger partial charge < -0.3 is 19.9 Å². The molecule has 0 saturated heterocycles. The molecule has 1 aliphatic carbocycles. The lowest BCUT2D eigenvalue weighted by molar-refractivity contribution is -0.286. The number of fused-ring (bicyclic) bond motifs is 1. The topological polar surface area (TPSA) is 80.7 Å². The number of hydrogen-bond donors (Lipinski definition) is 2. The zero-order valence-corrected chi connectivity index (χ0v) is 19.0. The molecule has 2 heterocycles. The molecule has 1 aromatic heterocycles. The number of amides is 1. The first-order valence-electron chi connectivity index (χ1n) is 11.0. The third-order valence-electron chi connectivity index (χ3n) is 6.34. The van der Waals surface area contributed by atoms with Gasteiger partial charge in [-0.25, -0.2) is 4.98 Å². The average Bonchev–Trinajstić information content (AvgIpc) is 3.52. The van der Waals surface area contributed by atoms with Gasteiger partial charge in [0.05, 0.1) is 16.7 Å². The van der Waals surface area contributed by atoms with Gasteiger partial charge in [0.2, 0.25) is 5.91 Å². The van der Waals surface area contributed by atoms with Crippen LogP contribution in [0.3, 0.4) is 0 Å². The third kappa shape index (κ3) is 3.98. The molecule has 2 N–H and O–H groups in total. The van der Waals surface area contributed by atoms with Crippen molar-refractivity contribution in [2.24, 2.45) is 0 Å². The van der Waals surface area contributed by atoms with Crippen LogP contribution in [0.1, 0.15) is 43.4 Å². The van der Waals surface area contributed by atoms with E-state index in [-0.39, 0.29) is 17.4 Å². The van der Waals surface area contributed by atoms with Crippen LogP contribution < -0.4 is 14.8 Å². The predicted molar refractivity (Wildman–Crippen MR) is 122 cm³/mol. The van der Waals surface area contributed by atoms with Gasteiger partial charge in [-0.1, -0.05) is 36.4 Å². The number of halogens is 2. The molecular formula is C26H24F2N2O4. The number of ether oxygens (including phenoxy) is 2. The maximum absolute atomic E-state index is 13.4. The molecule has 0 spiro atoms. The minimum Gasteiger partial charge on any atom is -0.395 e. The molecule has 2 aromatic carbocycles. The zero-order valence-electron chi connectivity index (χ0n) is 19.0. The summed E-state index contributed by atoms with van der Waals surface area (Å²) in [6, 6.07) is 15.6. The number of aromatic nitrogens is 1. The standard InChI is InChI=1S/C26H24F2N2O4/c1-15-4-11-21(29-22(15)16-5-7-17(8-6-16)24(2,3)32)30-23(31)25(12-13-25)18-9-10-19-20(14-18)34-26(27,28)33-19/h4-11,14,32H,12-13H2,1-3H3,(H,29,30,31). The number of alkyl halides is 2. The molecule has 0 radical (unpaired) electrons. The lowest BCUT2D eigenvalue weighted by Crippen LogP contribution is -2.28. The van der Waals surface area contributed by atoms with Gasteiger partial charge in [-0.2, -0.15) is 0 Å². The molecule has 1 aliphatic heterocycles. The summed E-state index contributed by atoms with van der Waals surface area (Å²) in [6.07, 6.45) is -2.52. The van der Waals surface area contributed by atoms with E-state index in [9.17, 15) is 18.7 Å². The van der Waals surface area contributed by atoms with E-state index in [2.05, 4.69) is 19.8 Å². The quantitative estimate of drug-likeness (QED) is 0.535. The summed E-state index contributed by atoms with van der Waals surface area (Å²) in [5.41, 5.74) is 2.13. The van der Waals surface area contributed by atoms with Crippen LogP contribution in [-0.4, -0.2) is 22.3 Å². The van der Waals surface area contributed by atoms with Crippen molar-refractivity contribution < 1.29 is 28.2 Å². The summed E-state index contributed by atoms with van der Waals surface area (Å²) < 4.78 is 35.7. The fourth-order valence-corrected chi connectivity index (χ4v) is 4.18. The van der Waals surface area contributed by atoms with Gasteiger partial charge in [-0.15, -0.1) is 8.78 Å². The molecule has 34 heavy (non-hydrogen) atoms. The minimum absolute atomic E-state index is 0.0506. The number of benzene rings is 2. The third-order valence-corrected chi connectivity index (χ3v) is 6.34. The van der Waals surface area contributed by atoms with Gasteiger partial charge in [-0.05, 0) is 68.5 Å². The molecule has 1 fully saturated rings. The maximum Gasteiger partial charge on any atom is 0.586 e. The number of carbonyl (C=O) groups is 1. The summed E-state index contributed by atoms with van der Waals surface area (Å²) in [4.78, 5) is 17.9. The van der Waals surface area contributed by atoms with Crippen LogP contribution in [0, 0.1) is 6.92 Å². The number of rotatable bonds is 5. The Kier molecular flexibility index (Phi) is 4.91. The molecule has 8 heteroatoms. The predicted octanol–water partition coefficient (Wildman–Crippen LogP) is 5.28. The van der Waals surface area contributed by atoms with Gasteiger partial charge in [0.25, 0.3) is 0 Å². The lowest BCUT2D eigenvalue weighted by atomic mass is 9.94. The number of aryl methyl sites for hydroxylation is 1. The zero-order chi connectivity index (χ0) is 24.3. The summed E-state index contributed by atoms with van der Waals surface area (Å²) >= 11 is 0. The molecule has 0 bridgehead atoms. The summed E-state index contributed by atoms with van der Waals surface area (Å²) in [6.45, 7) is 5.38. The van der Waals surface area contributed by atoms with Crippen molar-refractivity contribution in [1.29, 1.82) is 0 Å².